The molecule has 1 saturated carbocycles. The molecule has 0 spiro atoms. The van der Waals surface area contributed by atoms with Crippen molar-refractivity contribution in [1.82, 2.24) is 30.8 Å². The number of aliphatic hydroxyl groups excluding tert-OH is 2. The molecule has 67 heavy (non-hydrogen) atoms. The SMILES string of the molecule is Cc1nc(-c2ccc(C3(C)CC3)cc2)ncc1C(=O)NC(CCN)C(=O)N(C)C1C(=O)NC(C)C(=O)NC(C(=O)O)Cc2ccc(OCC(O)CN)c(c2)-c2cc1cc(OCC(O)CN)c2O. The van der Waals surface area contributed by atoms with E-state index in [4.69, 9.17) is 26.7 Å². The van der Waals surface area contributed by atoms with Gasteiger partial charge in [0.2, 0.25) is 17.7 Å². The zero-order valence-electron chi connectivity index (χ0n) is 37.8. The number of nitrogens with zero attached hydrogens (tertiary/aromatic N) is 3. The minimum Gasteiger partial charge on any atom is -0.504 e. The van der Waals surface area contributed by atoms with Gasteiger partial charge >= 0.3 is 5.97 Å². The molecule has 3 aromatic carbocycles. The number of rotatable bonds is 17. The first kappa shape index (κ1) is 49.7. The lowest BCUT2D eigenvalue weighted by atomic mass is 9.93. The number of aryl methyl sites for hydroxylation is 1. The number of ether oxygens (including phenoxy) is 2. The van der Waals surface area contributed by atoms with E-state index in [9.17, 15) is 44.4 Å². The van der Waals surface area contributed by atoms with E-state index in [1.807, 2.05) is 12.1 Å². The number of carboxylic acid groups (broad SMARTS) is 1. The molecule has 6 unspecified atom stereocenters. The summed E-state index contributed by atoms with van der Waals surface area (Å²) in [6.45, 7) is 4.05. The van der Waals surface area contributed by atoms with Crippen molar-refractivity contribution in [3.8, 4) is 39.8 Å². The number of carboxylic acids is 1. The Balaban J connectivity index is 1.41. The summed E-state index contributed by atoms with van der Waals surface area (Å²) in [5.41, 5.74) is 20.3. The average Bonchev–Trinajstić information content (AvgIpc) is 4.07. The summed E-state index contributed by atoms with van der Waals surface area (Å²) in [5.74, 6) is -4.93. The predicted octanol–water partition coefficient (Wildman–Crippen LogP) is 0.550. The van der Waals surface area contributed by atoms with Crippen LogP contribution in [0.4, 0.5) is 0 Å². The first-order chi connectivity index (χ1) is 31.9. The van der Waals surface area contributed by atoms with Crippen LogP contribution in [-0.2, 0) is 31.0 Å². The van der Waals surface area contributed by atoms with Gasteiger partial charge in [-0.05, 0) is 86.0 Å². The molecule has 1 fully saturated rings. The lowest BCUT2D eigenvalue weighted by Crippen LogP contribution is -2.55. The van der Waals surface area contributed by atoms with Gasteiger partial charge in [-0.2, -0.15) is 0 Å². The molecule has 6 rings (SSSR count). The molecule has 1 aliphatic carbocycles. The van der Waals surface area contributed by atoms with Crippen LogP contribution in [0.15, 0.2) is 60.8 Å². The van der Waals surface area contributed by atoms with E-state index in [0.717, 1.165) is 23.3 Å². The third kappa shape index (κ3) is 11.6. The summed E-state index contributed by atoms with van der Waals surface area (Å²) in [5, 5.41) is 50.4. The van der Waals surface area contributed by atoms with Gasteiger partial charge in [0.25, 0.3) is 5.91 Å². The number of phenols is 1. The van der Waals surface area contributed by atoms with Gasteiger partial charge in [-0.15, -0.1) is 0 Å². The predicted molar refractivity (Wildman–Crippen MR) is 245 cm³/mol. The fourth-order valence-electron chi connectivity index (χ4n) is 7.65. The normalized spacial score (nSPS) is 19.1. The highest BCUT2D eigenvalue weighted by Gasteiger charge is 2.39. The van der Waals surface area contributed by atoms with Gasteiger partial charge in [0.15, 0.2) is 17.3 Å². The number of aromatic nitrogens is 2. The van der Waals surface area contributed by atoms with Gasteiger partial charge in [-0.25, -0.2) is 14.8 Å². The van der Waals surface area contributed by atoms with Crippen molar-refractivity contribution >= 4 is 29.6 Å². The van der Waals surface area contributed by atoms with Crippen molar-refractivity contribution in [2.24, 2.45) is 17.2 Å². The van der Waals surface area contributed by atoms with Crippen molar-refractivity contribution in [2.45, 2.75) is 88.2 Å². The standard InChI is InChI=1S/C47H59N9O11/c1-24-34(21-51-41(52-24)27-6-8-29(9-7-27)47(3)12-13-47)43(61)54-35(11-14-48)45(63)56(4)39-28-17-33(40(59)38(18-28)67-23-31(58)20-50)32-15-26(5-10-37(32)66-22-30(57)19-49)16-36(46(64)65)55-42(60)25(2)53-44(39)62/h5-10,15,17-18,21,25,30-31,35-36,39,57-59H,11-14,16,19-20,22-23,48-50H2,1-4H3,(H,53,62)(H,54,61)(H,55,60)(H,64,65). The fourth-order valence-corrected chi connectivity index (χ4v) is 7.65. The number of phenolic OH excluding ortho intramolecular Hbond substituents is 1. The first-order valence-corrected chi connectivity index (χ1v) is 22.0. The Labute approximate surface area is 387 Å². The molecule has 4 aromatic rings. The lowest BCUT2D eigenvalue weighted by molar-refractivity contribution is -0.143. The number of fused-ring (bicyclic) bond motifs is 5. The number of nitrogens with two attached hydrogens (primary N) is 3. The number of benzene rings is 3. The number of nitrogens with one attached hydrogen (secondary N) is 3. The summed E-state index contributed by atoms with van der Waals surface area (Å²) < 4.78 is 11.8. The molecule has 13 N–H and O–H groups in total. The number of hydrogen-bond acceptors (Lipinski definition) is 15. The quantitative estimate of drug-likeness (QED) is 0.0691. The zero-order valence-corrected chi connectivity index (χ0v) is 37.8. The molecule has 1 aromatic heterocycles. The largest absolute Gasteiger partial charge is 0.504 e. The second kappa shape index (κ2) is 21.3. The number of aromatic hydroxyl groups is 1. The summed E-state index contributed by atoms with van der Waals surface area (Å²) in [6, 6.07) is 9.34. The smallest absolute Gasteiger partial charge is 0.326 e. The van der Waals surface area contributed by atoms with Crippen LogP contribution in [0.25, 0.3) is 22.5 Å². The molecule has 20 heteroatoms. The first-order valence-electron chi connectivity index (χ1n) is 22.0. The third-order valence-corrected chi connectivity index (χ3v) is 12.1. The maximum Gasteiger partial charge on any atom is 0.326 e. The second-order valence-electron chi connectivity index (χ2n) is 17.3. The number of hydrogen-bond donors (Lipinski definition) is 10. The monoisotopic (exact) mass is 925 g/mol. The Kier molecular flexibility index (Phi) is 15.8. The summed E-state index contributed by atoms with van der Waals surface area (Å²) >= 11 is 0. The van der Waals surface area contributed by atoms with Crippen LogP contribution in [0.1, 0.15) is 71.9 Å². The van der Waals surface area contributed by atoms with Crippen LogP contribution in [0.3, 0.4) is 0 Å². The van der Waals surface area contributed by atoms with Crippen LogP contribution in [-0.4, -0.2) is 135 Å². The van der Waals surface area contributed by atoms with E-state index in [-0.39, 0.29) is 78.3 Å². The average molecular weight is 926 g/mol. The van der Waals surface area contributed by atoms with Crippen LogP contribution >= 0.6 is 0 Å². The maximum absolute atomic E-state index is 14.7. The van der Waals surface area contributed by atoms with E-state index < -0.39 is 78.3 Å². The number of aliphatic carboxylic acids is 1. The second-order valence-corrected chi connectivity index (χ2v) is 17.3. The Morgan fingerprint density at radius 1 is 0.925 bits per heavy atom. The molecular formula is C47H59N9O11. The van der Waals surface area contributed by atoms with Gasteiger partial charge in [0.1, 0.15) is 55.3 Å². The molecule has 4 amide bonds. The number of amides is 4. The van der Waals surface area contributed by atoms with Crippen LogP contribution in [0.2, 0.25) is 0 Å². The third-order valence-electron chi connectivity index (χ3n) is 12.1. The van der Waals surface area contributed by atoms with Crippen molar-refractivity contribution < 1.29 is 53.9 Å². The Bertz CT molecular complexity index is 2480. The van der Waals surface area contributed by atoms with Gasteiger partial charge in [0.05, 0.1) is 11.3 Å². The highest BCUT2D eigenvalue weighted by Crippen LogP contribution is 2.48. The van der Waals surface area contributed by atoms with E-state index in [0.29, 0.717) is 17.1 Å². The Morgan fingerprint density at radius 2 is 1.58 bits per heavy atom. The molecule has 4 bridgehead atoms. The lowest BCUT2D eigenvalue weighted by Gasteiger charge is -2.33. The van der Waals surface area contributed by atoms with Gasteiger partial charge in [-0.3, -0.25) is 19.2 Å². The minimum atomic E-state index is -1.65. The van der Waals surface area contributed by atoms with E-state index in [1.165, 1.54) is 50.0 Å². The van der Waals surface area contributed by atoms with E-state index >= 15 is 0 Å². The minimum absolute atomic E-state index is 0.0155. The van der Waals surface area contributed by atoms with Crippen molar-refractivity contribution in [3.05, 3.63) is 88.7 Å². The molecule has 2 aliphatic rings. The molecule has 1 aliphatic heterocycles. The molecule has 0 radical (unpaired) electrons. The highest BCUT2D eigenvalue weighted by molar-refractivity contribution is 6.00. The fraction of sp³-hybridized carbons (Fsp3) is 0.426. The van der Waals surface area contributed by atoms with Crippen molar-refractivity contribution in [2.75, 3.05) is 39.9 Å². The number of aliphatic hydroxyl groups is 2. The molecule has 0 saturated heterocycles. The molecule has 6 atom stereocenters. The van der Waals surface area contributed by atoms with E-state index in [1.54, 1.807) is 13.0 Å². The Morgan fingerprint density at radius 3 is 2.18 bits per heavy atom. The zero-order chi connectivity index (χ0) is 48.7. The van der Waals surface area contributed by atoms with Gasteiger partial charge in [0, 0.05) is 49.4 Å². The van der Waals surface area contributed by atoms with Crippen LogP contribution in [0.5, 0.6) is 17.2 Å². The highest BCUT2D eigenvalue weighted by atomic mass is 16.5. The molecule has 2 heterocycles. The maximum atomic E-state index is 14.7. The number of likely N-dealkylation sites (N-methyl/N-ethyl adjacent to an activating group) is 1. The number of carbonyl (C=O) groups excluding carboxylic acids is 4. The van der Waals surface area contributed by atoms with Crippen molar-refractivity contribution in [1.29, 1.82) is 0 Å². The Hall–Kier alpha value is -6.71. The summed E-state index contributed by atoms with van der Waals surface area (Å²) in [6.07, 6.45) is 1.00. The molecular weight excluding hydrogens is 867 g/mol. The van der Waals surface area contributed by atoms with Gasteiger partial charge in [-0.1, -0.05) is 37.3 Å². The van der Waals surface area contributed by atoms with Crippen LogP contribution in [0, 0.1) is 6.92 Å². The van der Waals surface area contributed by atoms with Crippen LogP contribution < -0.4 is 42.6 Å². The van der Waals surface area contributed by atoms with Gasteiger partial charge < -0.3 is 68.0 Å². The molecule has 358 valence electrons. The number of carbonyl (C=O) groups is 5. The summed E-state index contributed by atoms with van der Waals surface area (Å²) in [7, 11) is 1.29. The topological polar surface area (TPSA) is 328 Å². The molecule has 20 nitrogen and oxygen atoms in total. The summed E-state index contributed by atoms with van der Waals surface area (Å²) in [4.78, 5) is 79.3. The van der Waals surface area contributed by atoms with Crippen molar-refractivity contribution in [3.63, 3.8) is 0 Å². The van der Waals surface area contributed by atoms with E-state index in [2.05, 4.69) is 45.0 Å².